The van der Waals surface area contributed by atoms with Crippen LogP contribution >= 0.6 is 0 Å². The smallest absolute Gasteiger partial charge is 0.150 e. The molecule has 3 heterocycles. The Labute approximate surface area is 172 Å². The van der Waals surface area contributed by atoms with Crippen LogP contribution in [-0.4, -0.2) is 46.6 Å². The molecular weight excluding hydrogens is 362 g/mol. The Morgan fingerprint density at radius 3 is 2.59 bits per heavy atom. The Hall–Kier alpha value is -2.99. The molecule has 1 aliphatic rings. The standard InChI is InChI=1S/C23H27N5O/c1-29-20-7-5-18(6-8-20)9-14-28-15-10-19(11-16-28)21-3-2-4-22(26-21)27-23-17-24-12-13-25-23/h2-8,12-13,17,19H,9-11,14-16H2,1H3,(H,25,26,27). The van der Waals surface area contributed by atoms with Crippen LogP contribution in [0.15, 0.2) is 61.1 Å². The van der Waals surface area contributed by atoms with Gasteiger partial charge in [0.05, 0.1) is 13.3 Å². The first kappa shape index (κ1) is 19.3. The molecule has 0 saturated carbocycles. The molecule has 6 nitrogen and oxygen atoms in total. The van der Waals surface area contributed by atoms with Crippen molar-refractivity contribution in [3.05, 3.63) is 72.3 Å². The van der Waals surface area contributed by atoms with Gasteiger partial charge >= 0.3 is 0 Å². The second kappa shape index (κ2) is 9.47. The Morgan fingerprint density at radius 2 is 1.86 bits per heavy atom. The first-order chi connectivity index (χ1) is 14.3. The lowest BCUT2D eigenvalue weighted by Gasteiger charge is -2.31. The van der Waals surface area contributed by atoms with E-state index in [0.717, 1.165) is 56.2 Å². The van der Waals surface area contributed by atoms with Crippen LogP contribution in [0.25, 0.3) is 0 Å². The van der Waals surface area contributed by atoms with Crippen LogP contribution in [0.5, 0.6) is 5.75 Å². The number of pyridine rings is 1. The first-order valence-corrected chi connectivity index (χ1v) is 10.2. The fourth-order valence-electron chi connectivity index (χ4n) is 3.78. The van der Waals surface area contributed by atoms with Crippen LogP contribution in [0.4, 0.5) is 11.6 Å². The van der Waals surface area contributed by atoms with Crippen LogP contribution in [-0.2, 0) is 6.42 Å². The van der Waals surface area contributed by atoms with E-state index in [1.807, 2.05) is 18.2 Å². The molecule has 0 aliphatic carbocycles. The third-order valence-corrected chi connectivity index (χ3v) is 5.47. The number of nitrogens with one attached hydrogen (secondary N) is 1. The lowest BCUT2D eigenvalue weighted by atomic mass is 9.93. The molecule has 2 aromatic heterocycles. The van der Waals surface area contributed by atoms with Crippen molar-refractivity contribution in [1.82, 2.24) is 19.9 Å². The monoisotopic (exact) mass is 389 g/mol. The fourth-order valence-corrected chi connectivity index (χ4v) is 3.78. The normalized spacial score (nSPS) is 15.2. The molecule has 0 amide bonds. The van der Waals surface area contributed by atoms with Gasteiger partial charge in [-0.1, -0.05) is 18.2 Å². The van der Waals surface area contributed by atoms with Gasteiger partial charge in [-0.3, -0.25) is 4.98 Å². The first-order valence-electron chi connectivity index (χ1n) is 10.2. The zero-order chi connectivity index (χ0) is 19.9. The molecule has 1 fully saturated rings. The van der Waals surface area contributed by atoms with Gasteiger partial charge in [0.1, 0.15) is 17.4 Å². The average molecular weight is 390 g/mol. The van der Waals surface area contributed by atoms with E-state index in [9.17, 15) is 0 Å². The summed E-state index contributed by atoms with van der Waals surface area (Å²) in [6.07, 6.45) is 8.40. The molecule has 4 rings (SSSR count). The molecule has 6 heteroatoms. The summed E-state index contributed by atoms with van der Waals surface area (Å²) in [7, 11) is 1.70. The van der Waals surface area contributed by atoms with E-state index in [1.165, 1.54) is 5.56 Å². The molecule has 0 atom stereocenters. The third kappa shape index (κ3) is 5.29. The minimum absolute atomic E-state index is 0.510. The number of hydrogen-bond acceptors (Lipinski definition) is 6. The van der Waals surface area contributed by atoms with E-state index in [2.05, 4.69) is 44.5 Å². The average Bonchev–Trinajstić information content (AvgIpc) is 2.79. The zero-order valence-corrected chi connectivity index (χ0v) is 16.8. The summed E-state index contributed by atoms with van der Waals surface area (Å²) in [5.41, 5.74) is 2.52. The zero-order valence-electron chi connectivity index (χ0n) is 16.8. The van der Waals surface area contributed by atoms with Gasteiger partial charge in [0.15, 0.2) is 0 Å². The number of rotatable bonds is 7. The molecule has 0 spiro atoms. The SMILES string of the molecule is COc1ccc(CCN2CCC(c3cccc(Nc4cnccn4)n3)CC2)cc1. The number of methoxy groups -OCH3 is 1. The molecule has 1 aliphatic heterocycles. The predicted octanol–water partition coefficient (Wildman–Crippen LogP) is 4.05. The summed E-state index contributed by atoms with van der Waals surface area (Å²) in [5, 5.41) is 3.23. The molecule has 29 heavy (non-hydrogen) atoms. The Bertz CT molecular complexity index is 893. The van der Waals surface area contributed by atoms with Crippen LogP contribution in [0.2, 0.25) is 0 Å². The molecule has 1 aromatic carbocycles. The van der Waals surface area contributed by atoms with E-state index >= 15 is 0 Å². The van der Waals surface area contributed by atoms with E-state index in [0.29, 0.717) is 11.7 Å². The minimum atomic E-state index is 0.510. The number of benzene rings is 1. The van der Waals surface area contributed by atoms with Gasteiger partial charge in [-0.05, 0) is 62.2 Å². The summed E-state index contributed by atoms with van der Waals surface area (Å²) in [5.74, 6) is 2.96. The van der Waals surface area contributed by atoms with Crippen LogP contribution < -0.4 is 10.1 Å². The van der Waals surface area contributed by atoms with Gasteiger partial charge in [0.2, 0.25) is 0 Å². The number of hydrogen-bond donors (Lipinski definition) is 1. The van der Waals surface area contributed by atoms with E-state index < -0.39 is 0 Å². The van der Waals surface area contributed by atoms with Crippen molar-refractivity contribution >= 4 is 11.6 Å². The number of aromatic nitrogens is 3. The Kier molecular flexibility index (Phi) is 6.32. The molecule has 0 unspecified atom stereocenters. The lowest BCUT2D eigenvalue weighted by Crippen LogP contribution is -2.34. The van der Waals surface area contributed by atoms with Crippen molar-refractivity contribution in [1.29, 1.82) is 0 Å². The highest BCUT2D eigenvalue weighted by Gasteiger charge is 2.21. The quantitative estimate of drug-likeness (QED) is 0.658. The lowest BCUT2D eigenvalue weighted by molar-refractivity contribution is 0.213. The van der Waals surface area contributed by atoms with E-state index in [-0.39, 0.29) is 0 Å². The molecule has 1 saturated heterocycles. The summed E-state index contributed by atoms with van der Waals surface area (Å²) in [4.78, 5) is 15.7. The van der Waals surface area contributed by atoms with E-state index in [4.69, 9.17) is 9.72 Å². The number of likely N-dealkylation sites (tertiary alicyclic amines) is 1. The highest BCUT2D eigenvalue weighted by molar-refractivity contribution is 5.50. The van der Waals surface area contributed by atoms with Gasteiger partial charge in [-0.2, -0.15) is 0 Å². The second-order valence-electron chi connectivity index (χ2n) is 7.38. The van der Waals surface area contributed by atoms with Gasteiger partial charge < -0.3 is 15.0 Å². The van der Waals surface area contributed by atoms with E-state index in [1.54, 1.807) is 25.7 Å². The van der Waals surface area contributed by atoms with Crippen molar-refractivity contribution < 1.29 is 4.74 Å². The molecule has 3 aromatic rings. The van der Waals surface area contributed by atoms with Gasteiger partial charge in [-0.15, -0.1) is 0 Å². The van der Waals surface area contributed by atoms with Crippen LogP contribution in [0, 0.1) is 0 Å². The summed E-state index contributed by atoms with van der Waals surface area (Å²) in [6.45, 7) is 3.33. The molecule has 0 radical (unpaired) electrons. The van der Waals surface area contributed by atoms with Crippen LogP contribution in [0.3, 0.4) is 0 Å². The maximum atomic E-state index is 5.23. The number of piperidine rings is 1. The summed E-state index contributed by atoms with van der Waals surface area (Å²) >= 11 is 0. The van der Waals surface area contributed by atoms with Gasteiger partial charge in [0.25, 0.3) is 0 Å². The maximum absolute atomic E-state index is 5.23. The molecule has 150 valence electrons. The molecule has 0 bridgehead atoms. The Morgan fingerprint density at radius 1 is 1.03 bits per heavy atom. The topological polar surface area (TPSA) is 63.2 Å². The van der Waals surface area contributed by atoms with Gasteiger partial charge in [0, 0.05) is 30.6 Å². The Balaban J connectivity index is 1.28. The predicted molar refractivity (Wildman–Crippen MR) is 115 cm³/mol. The largest absolute Gasteiger partial charge is 0.497 e. The number of nitrogens with zero attached hydrogens (tertiary/aromatic N) is 4. The van der Waals surface area contributed by atoms with Crippen molar-refractivity contribution in [2.45, 2.75) is 25.2 Å². The van der Waals surface area contributed by atoms with Crippen LogP contribution in [0.1, 0.15) is 30.0 Å². The molecule has 1 N–H and O–H groups in total. The summed E-state index contributed by atoms with van der Waals surface area (Å²) < 4.78 is 5.23. The fraction of sp³-hybridized carbons (Fsp3) is 0.348. The summed E-state index contributed by atoms with van der Waals surface area (Å²) in [6, 6.07) is 14.6. The van der Waals surface area contributed by atoms with Crippen molar-refractivity contribution in [2.24, 2.45) is 0 Å². The highest BCUT2D eigenvalue weighted by atomic mass is 16.5. The van der Waals surface area contributed by atoms with Crippen molar-refractivity contribution in [3.63, 3.8) is 0 Å². The molecular formula is C23H27N5O. The van der Waals surface area contributed by atoms with Crippen molar-refractivity contribution in [2.75, 3.05) is 32.1 Å². The number of ether oxygens (including phenoxy) is 1. The minimum Gasteiger partial charge on any atom is -0.497 e. The number of anilines is 2. The maximum Gasteiger partial charge on any atom is 0.150 e. The third-order valence-electron chi connectivity index (χ3n) is 5.47. The van der Waals surface area contributed by atoms with Crippen molar-refractivity contribution in [3.8, 4) is 5.75 Å². The second-order valence-corrected chi connectivity index (χ2v) is 7.38. The highest BCUT2D eigenvalue weighted by Crippen LogP contribution is 2.28. The van der Waals surface area contributed by atoms with Gasteiger partial charge in [-0.25, -0.2) is 9.97 Å².